The SMILES string of the molecule is O=c1c2cccc(O)c2nc(Cl)n1C1CCCNC1. The zero-order valence-electron chi connectivity index (χ0n) is 10.3. The Bertz CT molecular complexity index is 677. The molecular formula is C13H14ClN3O2. The predicted octanol–water partition coefficient (Wildman–Crippen LogP) is 1.68. The van der Waals surface area contributed by atoms with Gasteiger partial charge in [-0.25, -0.2) is 4.98 Å². The summed E-state index contributed by atoms with van der Waals surface area (Å²) in [7, 11) is 0. The highest BCUT2D eigenvalue weighted by Crippen LogP contribution is 2.24. The van der Waals surface area contributed by atoms with E-state index in [4.69, 9.17) is 11.6 Å². The number of piperidine rings is 1. The molecule has 2 aromatic rings. The van der Waals surface area contributed by atoms with Crippen LogP contribution in [0, 0.1) is 0 Å². The Morgan fingerprint density at radius 3 is 3.05 bits per heavy atom. The summed E-state index contributed by atoms with van der Waals surface area (Å²) in [5.41, 5.74) is 0.0668. The van der Waals surface area contributed by atoms with E-state index < -0.39 is 0 Å². The van der Waals surface area contributed by atoms with Crippen molar-refractivity contribution in [2.45, 2.75) is 18.9 Å². The summed E-state index contributed by atoms with van der Waals surface area (Å²) < 4.78 is 1.52. The van der Waals surface area contributed by atoms with Gasteiger partial charge in [0, 0.05) is 6.54 Å². The third kappa shape index (κ3) is 2.09. The highest BCUT2D eigenvalue weighted by Gasteiger charge is 2.21. The molecule has 1 saturated heterocycles. The number of para-hydroxylation sites is 1. The van der Waals surface area contributed by atoms with Crippen molar-refractivity contribution < 1.29 is 5.11 Å². The maximum Gasteiger partial charge on any atom is 0.262 e. The number of nitrogens with zero attached hydrogens (tertiary/aromatic N) is 2. The summed E-state index contributed by atoms with van der Waals surface area (Å²) in [5, 5.41) is 13.5. The summed E-state index contributed by atoms with van der Waals surface area (Å²) in [6.07, 6.45) is 1.91. The van der Waals surface area contributed by atoms with Crippen molar-refractivity contribution in [2.24, 2.45) is 0 Å². The van der Waals surface area contributed by atoms with Gasteiger partial charge in [0.2, 0.25) is 5.28 Å². The zero-order valence-corrected chi connectivity index (χ0v) is 11.0. The summed E-state index contributed by atoms with van der Waals surface area (Å²) in [6, 6.07) is 4.82. The molecule has 19 heavy (non-hydrogen) atoms. The molecule has 1 aliphatic rings. The number of nitrogens with one attached hydrogen (secondary N) is 1. The van der Waals surface area contributed by atoms with Crippen LogP contribution < -0.4 is 10.9 Å². The van der Waals surface area contributed by atoms with Crippen molar-refractivity contribution in [2.75, 3.05) is 13.1 Å². The Balaban J connectivity index is 2.22. The molecular weight excluding hydrogens is 266 g/mol. The lowest BCUT2D eigenvalue weighted by Gasteiger charge is -2.25. The highest BCUT2D eigenvalue weighted by atomic mass is 35.5. The van der Waals surface area contributed by atoms with E-state index in [9.17, 15) is 9.90 Å². The zero-order chi connectivity index (χ0) is 13.4. The number of phenolic OH excluding ortho intramolecular Hbond substituents is 1. The summed E-state index contributed by atoms with van der Waals surface area (Å²) in [5.74, 6) is -0.0228. The first kappa shape index (κ1) is 12.4. The number of fused-ring (bicyclic) bond motifs is 1. The van der Waals surface area contributed by atoms with E-state index >= 15 is 0 Å². The van der Waals surface area contributed by atoms with Crippen LogP contribution in [0.1, 0.15) is 18.9 Å². The molecule has 0 amide bonds. The molecule has 0 saturated carbocycles. The van der Waals surface area contributed by atoms with E-state index in [1.54, 1.807) is 12.1 Å². The Morgan fingerprint density at radius 1 is 1.47 bits per heavy atom. The second kappa shape index (κ2) is 4.83. The first-order valence-corrected chi connectivity index (χ1v) is 6.66. The van der Waals surface area contributed by atoms with E-state index in [0.717, 1.165) is 19.4 Å². The number of halogens is 1. The van der Waals surface area contributed by atoms with Crippen LogP contribution in [0.2, 0.25) is 5.28 Å². The quantitative estimate of drug-likeness (QED) is 0.780. The number of benzene rings is 1. The van der Waals surface area contributed by atoms with Crippen LogP contribution in [0.5, 0.6) is 5.75 Å². The number of hydrogen-bond donors (Lipinski definition) is 2. The van der Waals surface area contributed by atoms with Crippen LogP contribution in [0.25, 0.3) is 10.9 Å². The van der Waals surface area contributed by atoms with Gasteiger partial charge >= 0.3 is 0 Å². The van der Waals surface area contributed by atoms with E-state index in [2.05, 4.69) is 10.3 Å². The van der Waals surface area contributed by atoms with Crippen LogP contribution in [-0.2, 0) is 0 Å². The third-order valence-corrected chi connectivity index (χ3v) is 3.77. The Labute approximate surface area is 114 Å². The molecule has 5 nitrogen and oxygen atoms in total. The molecule has 1 aromatic carbocycles. The first-order chi connectivity index (χ1) is 9.18. The van der Waals surface area contributed by atoms with Crippen LogP contribution in [-0.4, -0.2) is 27.7 Å². The Kier molecular flexibility index (Phi) is 3.16. The maximum absolute atomic E-state index is 12.5. The largest absolute Gasteiger partial charge is 0.506 e. The topological polar surface area (TPSA) is 67.1 Å². The molecule has 2 heterocycles. The number of phenols is 1. The van der Waals surface area contributed by atoms with Crippen molar-refractivity contribution in [3.05, 3.63) is 33.8 Å². The standard InChI is InChI=1S/C13H14ClN3O2/c14-13-16-11-9(4-1-5-10(11)18)12(19)17(13)8-3-2-6-15-7-8/h1,4-5,8,15,18H,2-3,6-7H2. The molecule has 6 heteroatoms. The van der Waals surface area contributed by atoms with Crippen molar-refractivity contribution >= 4 is 22.5 Å². The van der Waals surface area contributed by atoms with Crippen LogP contribution in [0.15, 0.2) is 23.0 Å². The molecule has 0 bridgehead atoms. The lowest BCUT2D eigenvalue weighted by Crippen LogP contribution is -2.37. The maximum atomic E-state index is 12.5. The van der Waals surface area contributed by atoms with Crippen LogP contribution in [0.3, 0.4) is 0 Å². The van der Waals surface area contributed by atoms with Gasteiger partial charge in [-0.1, -0.05) is 6.07 Å². The predicted molar refractivity (Wildman–Crippen MR) is 73.8 cm³/mol. The third-order valence-electron chi connectivity index (χ3n) is 3.50. The van der Waals surface area contributed by atoms with Gasteiger partial charge in [0.15, 0.2) is 0 Å². The van der Waals surface area contributed by atoms with Crippen molar-refractivity contribution in [1.29, 1.82) is 0 Å². The lowest BCUT2D eigenvalue weighted by molar-refractivity contribution is 0.363. The number of aromatic nitrogens is 2. The number of rotatable bonds is 1. The average molecular weight is 280 g/mol. The number of hydrogen-bond acceptors (Lipinski definition) is 4. The van der Waals surface area contributed by atoms with Gasteiger partial charge in [0.1, 0.15) is 11.3 Å². The molecule has 1 unspecified atom stereocenters. The average Bonchev–Trinajstić information content (AvgIpc) is 2.41. The van der Waals surface area contributed by atoms with E-state index in [-0.39, 0.29) is 28.2 Å². The van der Waals surface area contributed by atoms with E-state index in [1.807, 2.05) is 0 Å². The molecule has 0 aliphatic carbocycles. The smallest absolute Gasteiger partial charge is 0.262 e. The summed E-state index contributed by atoms with van der Waals surface area (Å²) in [6.45, 7) is 1.68. The summed E-state index contributed by atoms with van der Waals surface area (Å²) >= 11 is 6.13. The minimum absolute atomic E-state index is 0.0213. The van der Waals surface area contributed by atoms with Gasteiger partial charge < -0.3 is 10.4 Å². The van der Waals surface area contributed by atoms with Gasteiger partial charge in [-0.3, -0.25) is 9.36 Å². The second-order valence-electron chi connectivity index (χ2n) is 4.73. The van der Waals surface area contributed by atoms with E-state index in [1.165, 1.54) is 10.6 Å². The molecule has 0 spiro atoms. The van der Waals surface area contributed by atoms with Crippen LogP contribution in [0.4, 0.5) is 0 Å². The van der Waals surface area contributed by atoms with Gasteiger partial charge in [-0.05, 0) is 43.1 Å². The molecule has 1 aliphatic heterocycles. The van der Waals surface area contributed by atoms with Gasteiger partial charge in [0.25, 0.3) is 5.56 Å². The molecule has 1 fully saturated rings. The highest BCUT2D eigenvalue weighted by molar-refractivity contribution is 6.28. The molecule has 0 radical (unpaired) electrons. The lowest BCUT2D eigenvalue weighted by atomic mass is 10.1. The monoisotopic (exact) mass is 279 g/mol. The van der Waals surface area contributed by atoms with Gasteiger partial charge in [-0.15, -0.1) is 0 Å². The molecule has 1 atom stereocenters. The first-order valence-electron chi connectivity index (χ1n) is 6.29. The van der Waals surface area contributed by atoms with Crippen LogP contribution >= 0.6 is 11.6 Å². The minimum Gasteiger partial charge on any atom is -0.506 e. The van der Waals surface area contributed by atoms with Crippen molar-refractivity contribution in [3.63, 3.8) is 0 Å². The van der Waals surface area contributed by atoms with Gasteiger partial charge in [-0.2, -0.15) is 0 Å². The van der Waals surface area contributed by atoms with E-state index in [0.29, 0.717) is 11.9 Å². The number of aromatic hydroxyl groups is 1. The molecule has 1 aromatic heterocycles. The molecule has 100 valence electrons. The summed E-state index contributed by atoms with van der Waals surface area (Å²) in [4.78, 5) is 16.7. The van der Waals surface area contributed by atoms with Crippen molar-refractivity contribution in [3.8, 4) is 5.75 Å². The minimum atomic E-state index is -0.195. The van der Waals surface area contributed by atoms with Crippen molar-refractivity contribution in [1.82, 2.24) is 14.9 Å². The van der Waals surface area contributed by atoms with Gasteiger partial charge in [0.05, 0.1) is 11.4 Å². The normalized spacial score (nSPS) is 19.7. The fraction of sp³-hybridized carbons (Fsp3) is 0.385. The molecule has 2 N–H and O–H groups in total. The Hall–Kier alpha value is -1.59. The Morgan fingerprint density at radius 2 is 2.32 bits per heavy atom. The second-order valence-corrected chi connectivity index (χ2v) is 5.07. The fourth-order valence-corrected chi connectivity index (χ4v) is 2.85. The fourth-order valence-electron chi connectivity index (χ4n) is 2.55. The molecule has 3 rings (SSSR count).